The highest BCUT2D eigenvalue weighted by atomic mass is 16.1. The summed E-state index contributed by atoms with van der Waals surface area (Å²) in [5.41, 5.74) is 4.46. The van der Waals surface area contributed by atoms with Gasteiger partial charge in [-0.25, -0.2) is 0 Å². The third-order valence-electron chi connectivity index (χ3n) is 3.99. The third kappa shape index (κ3) is 2.09. The van der Waals surface area contributed by atoms with Crippen molar-refractivity contribution in [2.24, 2.45) is 0 Å². The summed E-state index contributed by atoms with van der Waals surface area (Å²) < 4.78 is 1.79. The molecule has 0 aliphatic heterocycles. The lowest BCUT2D eigenvalue weighted by Crippen LogP contribution is -2.24. The fraction of sp³-hybridized carbons (Fsp3) is 0.294. The highest BCUT2D eigenvalue weighted by Crippen LogP contribution is 2.37. The van der Waals surface area contributed by atoms with Crippen molar-refractivity contribution in [3.05, 3.63) is 57.4 Å². The second-order valence-electron chi connectivity index (χ2n) is 5.50. The highest BCUT2D eigenvalue weighted by Gasteiger charge is 2.27. The lowest BCUT2D eigenvalue weighted by atomic mass is 10.0. The van der Waals surface area contributed by atoms with E-state index in [0.29, 0.717) is 6.29 Å². The van der Waals surface area contributed by atoms with Gasteiger partial charge in [-0.15, -0.1) is 0 Å². The monoisotopic (exact) mass is 267 g/mol. The van der Waals surface area contributed by atoms with Crippen LogP contribution >= 0.6 is 0 Å². The van der Waals surface area contributed by atoms with Crippen molar-refractivity contribution in [3.63, 3.8) is 0 Å². The summed E-state index contributed by atoms with van der Waals surface area (Å²) in [6, 6.07) is 9.96. The van der Waals surface area contributed by atoms with Gasteiger partial charge in [0.25, 0.3) is 5.56 Å². The molecule has 0 N–H and O–H groups in total. The van der Waals surface area contributed by atoms with Crippen LogP contribution < -0.4 is 5.56 Å². The van der Waals surface area contributed by atoms with Crippen molar-refractivity contribution in [2.45, 2.75) is 32.7 Å². The molecule has 0 radical (unpaired) electrons. The Morgan fingerprint density at radius 2 is 1.85 bits per heavy atom. The molecule has 0 atom stereocenters. The van der Waals surface area contributed by atoms with Crippen LogP contribution in [0.4, 0.5) is 0 Å². The molecule has 1 fully saturated rings. The Kier molecular flexibility index (Phi) is 3.05. The summed E-state index contributed by atoms with van der Waals surface area (Å²) in [6.07, 6.45) is 2.67. The van der Waals surface area contributed by atoms with Crippen LogP contribution in [0.15, 0.2) is 35.1 Å². The van der Waals surface area contributed by atoms with E-state index in [-0.39, 0.29) is 17.2 Å². The number of aryl methyl sites for hydroxylation is 2. The molecule has 1 aliphatic rings. The van der Waals surface area contributed by atoms with Gasteiger partial charge in [0, 0.05) is 6.04 Å². The number of benzene rings is 1. The first kappa shape index (κ1) is 12.9. The number of nitrogens with zero attached hydrogens (tertiary/aromatic N) is 1. The molecule has 0 bridgehead atoms. The van der Waals surface area contributed by atoms with Crippen LogP contribution in [0.1, 0.15) is 40.4 Å². The smallest absolute Gasteiger partial charge is 0.261 e. The zero-order valence-electron chi connectivity index (χ0n) is 11.7. The Hall–Kier alpha value is -2.16. The Morgan fingerprint density at radius 3 is 2.45 bits per heavy atom. The molecule has 20 heavy (non-hydrogen) atoms. The van der Waals surface area contributed by atoms with Crippen LogP contribution in [0, 0.1) is 13.8 Å². The van der Waals surface area contributed by atoms with Gasteiger partial charge in [0.05, 0.1) is 11.3 Å². The van der Waals surface area contributed by atoms with Crippen molar-refractivity contribution in [1.82, 2.24) is 4.57 Å². The number of rotatable bonds is 3. The minimum Gasteiger partial charge on any atom is -0.305 e. The molecule has 0 saturated heterocycles. The number of hydrogen-bond acceptors (Lipinski definition) is 2. The van der Waals surface area contributed by atoms with Crippen molar-refractivity contribution in [3.8, 4) is 11.3 Å². The number of carbonyl (C=O) groups excluding carboxylic acids is 1. The first-order valence-corrected chi connectivity index (χ1v) is 6.90. The van der Waals surface area contributed by atoms with E-state index in [2.05, 4.69) is 26.0 Å². The maximum Gasteiger partial charge on any atom is 0.261 e. The maximum absolute atomic E-state index is 12.4. The van der Waals surface area contributed by atoms with E-state index in [0.717, 1.165) is 24.1 Å². The molecule has 1 aromatic carbocycles. The van der Waals surface area contributed by atoms with Gasteiger partial charge in [-0.2, -0.15) is 0 Å². The normalized spacial score (nSPS) is 14.3. The van der Waals surface area contributed by atoms with E-state index >= 15 is 0 Å². The van der Waals surface area contributed by atoms with Gasteiger partial charge < -0.3 is 4.57 Å². The van der Waals surface area contributed by atoms with E-state index in [9.17, 15) is 9.59 Å². The zero-order valence-corrected chi connectivity index (χ0v) is 11.7. The van der Waals surface area contributed by atoms with Gasteiger partial charge in [-0.05, 0) is 61.6 Å². The van der Waals surface area contributed by atoms with Crippen LogP contribution in [-0.4, -0.2) is 10.9 Å². The fourth-order valence-electron chi connectivity index (χ4n) is 2.49. The van der Waals surface area contributed by atoms with Crippen molar-refractivity contribution in [1.29, 1.82) is 0 Å². The molecule has 3 rings (SSSR count). The van der Waals surface area contributed by atoms with Gasteiger partial charge in [0.1, 0.15) is 0 Å². The van der Waals surface area contributed by atoms with Gasteiger partial charge in [-0.1, -0.05) is 12.1 Å². The Balaban J connectivity index is 2.22. The van der Waals surface area contributed by atoms with E-state index < -0.39 is 0 Å². The number of hydrogen-bond donors (Lipinski definition) is 0. The Bertz CT molecular complexity index is 739. The second-order valence-corrected chi connectivity index (χ2v) is 5.50. The average molecular weight is 267 g/mol. The minimum absolute atomic E-state index is 0.168. The molecule has 0 amide bonds. The summed E-state index contributed by atoms with van der Waals surface area (Å²) in [6.45, 7) is 4.14. The molecule has 1 aliphatic carbocycles. The van der Waals surface area contributed by atoms with Gasteiger partial charge in [-0.3, -0.25) is 9.59 Å². The van der Waals surface area contributed by atoms with Crippen LogP contribution in [0.25, 0.3) is 11.3 Å². The summed E-state index contributed by atoms with van der Waals surface area (Å²) in [5.74, 6) is 0. The largest absolute Gasteiger partial charge is 0.305 e. The topological polar surface area (TPSA) is 39.1 Å². The standard InChI is InChI=1S/C17H17NO2/c1-11-3-4-13(9-12(11)2)16-8-5-14(10-19)17(20)18(16)15-6-7-15/h3-5,8-10,15H,6-7H2,1-2H3. The van der Waals surface area contributed by atoms with E-state index in [1.54, 1.807) is 10.6 Å². The van der Waals surface area contributed by atoms with Crippen molar-refractivity contribution >= 4 is 6.29 Å². The molecule has 2 aromatic rings. The first-order chi connectivity index (χ1) is 9.61. The van der Waals surface area contributed by atoms with Crippen molar-refractivity contribution in [2.75, 3.05) is 0 Å². The minimum atomic E-state index is -0.168. The molecule has 1 aromatic heterocycles. The third-order valence-corrected chi connectivity index (χ3v) is 3.99. The van der Waals surface area contributed by atoms with Crippen LogP contribution in [0.3, 0.4) is 0 Å². The first-order valence-electron chi connectivity index (χ1n) is 6.90. The molecule has 1 saturated carbocycles. The molecule has 3 heteroatoms. The molecule has 102 valence electrons. The molecular weight excluding hydrogens is 250 g/mol. The Labute approximate surface area is 117 Å². The van der Waals surface area contributed by atoms with Gasteiger partial charge >= 0.3 is 0 Å². The average Bonchev–Trinajstić information content (AvgIpc) is 3.26. The number of pyridine rings is 1. The summed E-state index contributed by atoms with van der Waals surface area (Å²) in [5, 5.41) is 0. The van der Waals surface area contributed by atoms with E-state index in [1.165, 1.54) is 11.1 Å². The lowest BCUT2D eigenvalue weighted by Gasteiger charge is -2.14. The summed E-state index contributed by atoms with van der Waals surface area (Å²) in [7, 11) is 0. The predicted molar refractivity (Wildman–Crippen MR) is 79.3 cm³/mol. The van der Waals surface area contributed by atoms with Gasteiger partial charge in [0.15, 0.2) is 6.29 Å². The van der Waals surface area contributed by atoms with Crippen LogP contribution in [0.2, 0.25) is 0 Å². The number of carbonyl (C=O) groups is 1. The summed E-state index contributed by atoms with van der Waals surface area (Å²) in [4.78, 5) is 23.3. The maximum atomic E-state index is 12.4. The number of aromatic nitrogens is 1. The highest BCUT2D eigenvalue weighted by molar-refractivity contribution is 5.75. The fourth-order valence-corrected chi connectivity index (χ4v) is 2.49. The lowest BCUT2D eigenvalue weighted by molar-refractivity contribution is 0.112. The zero-order chi connectivity index (χ0) is 14.3. The second kappa shape index (κ2) is 4.75. The molecule has 0 unspecified atom stereocenters. The quantitative estimate of drug-likeness (QED) is 0.800. The summed E-state index contributed by atoms with van der Waals surface area (Å²) >= 11 is 0. The van der Waals surface area contributed by atoms with Crippen LogP contribution in [-0.2, 0) is 0 Å². The Morgan fingerprint density at radius 1 is 1.10 bits per heavy atom. The molecule has 0 spiro atoms. The molecular formula is C17H17NO2. The molecule has 1 heterocycles. The SMILES string of the molecule is Cc1ccc(-c2ccc(C=O)c(=O)n2C2CC2)cc1C. The number of aldehydes is 1. The predicted octanol–water partition coefficient (Wildman–Crippen LogP) is 3.28. The van der Waals surface area contributed by atoms with E-state index in [4.69, 9.17) is 0 Å². The molecule has 3 nitrogen and oxygen atoms in total. The van der Waals surface area contributed by atoms with Crippen molar-refractivity contribution < 1.29 is 4.79 Å². The van der Waals surface area contributed by atoms with E-state index in [1.807, 2.05) is 12.1 Å². The van der Waals surface area contributed by atoms with Crippen LogP contribution in [0.5, 0.6) is 0 Å². The van der Waals surface area contributed by atoms with Gasteiger partial charge in [0.2, 0.25) is 0 Å².